The molecule has 1 aromatic heterocycles. The van der Waals surface area contributed by atoms with Crippen molar-refractivity contribution in [1.82, 2.24) is 15.6 Å². The van der Waals surface area contributed by atoms with Gasteiger partial charge < -0.3 is 32.2 Å². The van der Waals surface area contributed by atoms with Crippen molar-refractivity contribution in [2.24, 2.45) is 16.5 Å². The van der Waals surface area contributed by atoms with Crippen molar-refractivity contribution >= 4 is 29.4 Å². The summed E-state index contributed by atoms with van der Waals surface area (Å²) >= 11 is 5.90. The van der Waals surface area contributed by atoms with Crippen LogP contribution in [0.25, 0.3) is 11.3 Å². The number of aliphatic hydroxyl groups is 1. The summed E-state index contributed by atoms with van der Waals surface area (Å²) in [6.07, 6.45) is 0.834. The van der Waals surface area contributed by atoms with Crippen molar-refractivity contribution < 1.29 is 14.7 Å². The number of carbonyl (C=O) groups excluding carboxylic acids is 2. The van der Waals surface area contributed by atoms with Crippen molar-refractivity contribution in [3.8, 4) is 11.3 Å². The number of H-pyrrole nitrogens is 1. The number of aromatic amines is 1. The number of rotatable bonds is 10. The highest BCUT2D eigenvalue weighted by atomic mass is 35.5. The number of halogens is 1. The molecule has 1 heterocycles. The Balaban J connectivity index is 2.04. The van der Waals surface area contributed by atoms with Crippen molar-refractivity contribution in [2.45, 2.75) is 18.9 Å². The van der Waals surface area contributed by atoms with E-state index >= 15 is 0 Å². The number of aliphatic hydroxyl groups excluding tert-OH is 1. The summed E-state index contributed by atoms with van der Waals surface area (Å²) in [7, 11) is 0. The normalized spacial score (nSPS) is 11.5. The van der Waals surface area contributed by atoms with E-state index in [0.29, 0.717) is 30.1 Å². The first kappa shape index (κ1) is 22.3. The van der Waals surface area contributed by atoms with Gasteiger partial charge in [0.25, 0.3) is 5.91 Å². The molecule has 9 nitrogen and oxygen atoms in total. The molecule has 0 saturated heterocycles. The van der Waals surface area contributed by atoms with Crippen LogP contribution in [0.1, 0.15) is 23.3 Å². The molecule has 1 atom stereocenters. The van der Waals surface area contributed by atoms with Crippen LogP contribution in [-0.2, 0) is 4.79 Å². The van der Waals surface area contributed by atoms with E-state index in [1.165, 1.54) is 0 Å². The lowest BCUT2D eigenvalue weighted by atomic mass is 10.1. The lowest BCUT2D eigenvalue weighted by molar-refractivity contribution is -0.123. The second kappa shape index (κ2) is 11.1. The molecule has 2 amide bonds. The fourth-order valence-electron chi connectivity index (χ4n) is 2.64. The highest BCUT2D eigenvalue weighted by Gasteiger charge is 2.21. The summed E-state index contributed by atoms with van der Waals surface area (Å²) in [4.78, 5) is 31.8. The predicted molar refractivity (Wildman–Crippen MR) is 112 cm³/mol. The maximum atomic E-state index is 12.6. The van der Waals surface area contributed by atoms with E-state index in [-0.39, 0.29) is 25.0 Å². The lowest BCUT2D eigenvalue weighted by Crippen LogP contribution is -2.47. The molecule has 0 unspecified atom stereocenters. The highest BCUT2D eigenvalue weighted by Crippen LogP contribution is 2.21. The van der Waals surface area contributed by atoms with E-state index in [1.54, 1.807) is 24.3 Å². The quantitative estimate of drug-likeness (QED) is 0.188. The molecule has 2 rings (SSSR count). The third kappa shape index (κ3) is 7.13. The second-order valence-corrected chi connectivity index (χ2v) is 6.72. The Labute approximate surface area is 173 Å². The first-order chi connectivity index (χ1) is 13.9. The molecule has 0 aliphatic heterocycles. The number of benzene rings is 1. The van der Waals surface area contributed by atoms with Gasteiger partial charge in [-0.2, -0.15) is 0 Å². The van der Waals surface area contributed by atoms with Gasteiger partial charge in [-0.05, 0) is 42.7 Å². The minimum Gasteiger partial charge on any atom is -0.395 e. The van der Waals surface area contributed by atoms with Crippen molar-refractivity contribution in [3.63, 3.8) is 0 Å². The summed E-state index contributed by atoms with van der Waals surface area (Å²) in [5.41, 5.74) is 12.5. The molecule has 10 heteroatoms. The van der Waals surface area contributed by atoms with E-state index in [9.17, 15) is 9.59 Å². The van der Waals surface area contributed by atoms with Crippen LogP contribution in [0.2, 0.25) is 5.02 Å². The zero-order chi connectivity index (χ0) is 21.2. The Morgan fingerprint density at radius 2 is 1.90 bits per heavy atom. The molecule has 0 spiro atoms. The maximum absolute atomic E-state index is 12.6. The van der Waals surface area contributed by atoms with Crippen molar-refractivity contribution in [1.29, 1.82) is 0 Å². The SMILES string of the molecule is NC(N)=NCCC[C@H](NC(=O)c1ccc(-c2ccc(Cl)cc2)[nH]1)C(=O)NCCO. The molecular formula is C19H25ClN6O3. The zero-order valence-corrected chi connectivity index (χ0v) is 16.6. The number of aromatic nitrogens is 1. The van der Waals surface area contributed by atoms with E-state index in [2.05, 4.69) is 20.6 Å². The van der Waals surface area contributed by atoms with Gasteiger partial charge >= 0.3 is 0 Å². The monoisotopic (exact) mass is 420 g/mol. The number of hydrogen-bond donors (Lipinski definition) is 6. The summed E-state index contributed by atoms with van der Waals surface area (Å²) in [6, 6.07) is 9.82. The summed E-state index contributed by atoms with van der Waals surface area (Å²) < 4.78 is 0. The van der Waals surface area contributed by atoms with Crippen LogP contribution in [0.3, 0.4) is 0 Å². The number of guanidine groups is 1. The van der Waals surface area contributed by atoms with Gasteiger partial charge in [0, 0.05) is 23.8 Å². The number of aliphatic imine (C=N–C) groups is 1. The van der Waals surface area contributed by atoms with Gasteiger partial charge in [-0.1, -0.05) is 23.7 Å². The Morgan fingerprint density at radius 3 is 2.55 bits per heavy atom. The first-order valence-electron chi connectivity index (χ1n) is 9.10. The number of amides is 2. The number of hydrogen-bond acceptors (Lipinski definition) is 4. The third-order valence-electron chi connectivity index (χ3n) is 4.06. The molecular weight excluding hydrogens is 396 g/mol. The molecule has 0 radical (unpaired) electrons. The van der Waals surface area contributed by atoms with E-state index in [4.69, 9.17) is 28.2 Å². The Bertz CT molecular complexity index is 846. The molecule has 29 heavy (non-hydrogen) atoms. The van der Waals surface area contributed by atoms with Gasteiger partial charge in [0.2, 0.25) is 5.91 Å². The lowest BCUT2D eigenvalue weighted by Gasteiger charge is -2.17. The molecule has 2 aromatic rings. The van der Waals surface area contributed by atoms with E-state index < -0.39 is 11.9 Å². The van der Waals surface area contributed by atoms with Crippen LogP contribution in [-0.4, -0.2) is 53.6 Å². The zero-order valence-electron chi connectivity index (χ0n) is 15.8. The average Bonchev–Trinajstić information content (AvgIpc) is 3.19. The molecule has 1 aromatic carbocycles. The summed E-state index contributed by atoms with van der Waals surface area (Å²) in [5.74, 6) is -0.839. The summed E-state index contributed by atoms with van der Waals surface area (Å²) in [6.45, 7) is 0.245. The number of nitrogens with zero attached hydrogens (tertiary/aromatic N) is 1. The van der Waals surface area contributed by atoms with Gasteiger partial charge in [-0.3, -0.25) is 14.6 Å². The third-order valence-corrected chi connectivity index (χ3v) is 4.32. The Kier molecular flexibility index (Phi) is 8.50. The van der Waals surface area contributed by atoms with Crippen molar-refractivity contribution in [3.05, 3.63) is 47.1 Å². The topological polar surface area (TPSA) is 159 Å². The van der Waals surface area contributed by atoms with Crippen molar-refractivity contribution in [2.75, 3.05) is 19.7 Å². The minimum absolute atomic E-state index is 0.0311. The van der Waals surface area contributed by atoms with Crippen LogP contribution in [0.4, 0.5) is 0 Å². The fourth-order valence-corrected chi connectivity index (χ4v) is 2.76. The van der Waals surface area contributed by atoms with E-state index in [0.717, 1.165) is 11.3 Å². The predicted octanol–water partition coefficient (Wildman–Crippen LogP) is 0.596. The number of nitrogens with two attached hydrogens (primary N) is 2. The standard InChI is InChI=1S/C19H25ClN6O3/c20-13-5-3-12(4-6-13)14-7-8-16(25-14)18(29)26-15(17(28)23-10-11-27)2-1-9-24-19(21)22/h3-8,15,25,27H,1-2,9-11H2,(H,23,28)(H,26,29)(H4,21,22,24)/t15-/m0/s1. The maximum Gasteiger partial charge on any atom is 0.268 e. The van der Waals surface area contributed by atoms with Crippen LogP contribution >= 0.6 is 11.6 Å². The smallest absolute Gasteiger partial charge is 0.268 e. The van der Waals surface area contributed by atoms with Crippen LogP contribution < -0.4 is 22.1 Å². The summed E-state index contributed by atoms with van der Waals surface area (Å²) in [5, 5.41) is 14.8. The number of nitrogens with one attached hydrogen (secondary N) is 3. The first-order valence-corrected chi connectivity index (χ1v) is 9.48. The molecule has 0 fully saturated rings. The molecule has 0 aliphatic rings. The Hall–Kier alpha value is -3.04. The largest absolute Gasteiger partial charge is 0.395 e. The van der Waals surface area contributed by atoms with Gasteiger partial charge in [0.05, 0.1) is 6.61 Å². The Morgan fingerprint density at radius 1 is 1.17 bits per heavy atom. The van der Waals surface area contributed by atoms with Gasteiger partial charge in [-0.15, -0.1) is 0 Å². The van der Waals surface area contributed by atoms with Gasteiger partial charge in [0.15, 0.2) is 5.96 Å². The molecule has 156 valence electrons. The van der Waals surface area contributed by atoms with Gasteiger partial charge in [0.1, 0.15) is 11.7 Å². The van der Waals surface area contributed by atoms with Crippen LogP contribution in [0, 0.1) is 0 Å². The van der Waals surface area contributed by atoms with E-state index in [1.807, 2.05) is 12.1 Å². The van der Waals surface area contributed by atoms with Crippen LogP contribution in [0.5, 0.6) is 0 Å². The van der Waals surface area contributed by atoms with Gasteiger partial charge in [-0.25, -0.2) is 0 Å². The molecule has 0 bridgehead atoms. The fraction of sp³-hybridized carbons (Fsp3) is 0.316. The minimum atomic E-state index is -0.787. The highest BCUT2D eigenvalue weighted by molar-refractivity contribution is 6.30. The molecule has 0 saturated carbocycles. The number of carbonyl (C=O) groups is 2. The average molecular weight is 421 g/mol. The van der Waals surface area contributed by atoms with Crippen LogP contribution in [0.15, 0.2) is 41.4 Å². The molecule has 8 N–H and O–H groups in total. The molecule has 0 aliphatic carbocycles. The second-order valence-electron chi connectivity index (χ2n) is 6.28.